The number of ether oxygens (including phenoxy) is 1. The van der Waals surface area contributed by atoms with E-state index in [1.54, 1.807) is 0 Å². The summed E-state index contributed by atoms with van der Waals surface area (Å²) in [5, 5.41) is 2.99. The van der Waals surface area contributed by atoms with Gasteiger partial charge in [0, 0.05) is 19.6 Å². The van der Waals surface area contributed by atoms with Gasteiger partial charge in [-0.15, -0.1) is 0 Å². The van der Waals surface area contributed by atoms with Crippen LogP contribution in [-0.2, 0) is 0 Å². The lowest BCUT2D eigenvalue weighted by Gasteiger charge is -2.22. The quantitative estimate of drug-likeness (QED) is 0.626. The highest BCUT2D eigenvalue weighted by molar-refractivity contribution is 5.74. The number of carbonyl (C=O) groups excluding carboxylic acids is 1. The zero-order chi connectivity index (χ0) is 16.0. The molecule has 0 fully saturated rings. The SMILES string of the molecule is CCCCN(CCCC)C(=O)NCCCOc1ccccc1. The topological polar surface area (TPSA) is 41.6 Å². The maximum Gasteiger partial charge on any atom is 0.317 e. The Kier molecular flexibility index (Phi) is 9.92. The van der Waals surface area contributed by atoms with Crippen LogP contribution in [-0.4, -0.2) is 37.2 Å². The highest BCUT2D eigenvalue weighted by atomic mass is 16.5. The smallest absolute Gasteiger partial charge is 0.317 e. The van der Waals surface area contributed by atoms with E-state index in [0.717, 1.165) is 50.9 Å². The molecule has 0 aliphatic heterocycles. The van der Waals surface area contributed by atoms with Crippen LogP contribution in [0.2, 0.25) is 0 Å². The van der Waals surface area contributed by atoms with Gasteiger partial charge in [0.15, 0.2) is 0 Å². The summed E-state index contributed by atoms with van der Waals surface area (Å²) in [6, 6.07) is 9.81. The number of carbonyl (C=O) groups is 1. The Hall–Kier alpha value is -1.71. The predicted octanol–water partition coefficient (Wildman–Crippen LogP) is 4.07. The van der Waals surface area contributed by atoms with Gasteiger partial charge in [-0.3, -0.25) is 0 Å². The fraction of sp³-hybridized carbons (Fsp3) is 0.611. The van der Waals surface area contributed by atoms with Gasteiger partial charge in [-0.1, -0.05) is 44.9 Å². The summed E-state index contributed by atoms with van der Waals surface area (Å²) in [7, 11) is 0. The number of benzene rings is 1. The third kappa shape index (κ3) is 7.91. The van der Waals surface area contributed by atoms with Crippen LogP contribution in [0.5, 0.6) is 5.75 Å². The molecule has 1 aromatic carbocycles. The molecule has 0 aliphatic rings. The largest absolute Gasteiger partial charge is 0.494 e. The van der Waals surface area contributed by atoms with Crippen molar-refractivity contribution in [3.8, 4) is 5.75 Å². The van der Waals surface area contributed by atoms with E-state index in [0.29, 0.717) is 13.2 Å². The molecule has 4 heteroatoms. The first-order valence-electron chi connectivity index (χ1n) is 8.48. The molecular weight excluding hydrogens is 276 g/mol. The van der Waals surface area contributed by atoms with E-state index in [1.807, 2.05) is 35.2 Å². The van der Waals surface area contributed by atoms with E-state index in [1.165, 1.54) is 0 Å². The van der Waals surface area contributed by atoms with Crippen LogP contribution in [0, 0.1) is 0 Å². The van der Waals surface area contributed by atoms with Crippen molar-refractivity contribution in [2.75, 3.05) is 26.2 Å². The van der Waals surface area contributed by atoms with Crippen molar-refractivity contribution in [3.05, 3.63) is 30.3 Å². The second-order valence-corrected chi connectivity index (χ2v) is 5.44. The number of hydrogen-bond acceptors (Lipinski definition) is 2. The Morgan fingerprint density at radius 3 is 2.27 bits per heavy atom. The van der Waals surface area contributed by atoms with Crippen molar-refractivity contribution in [3.63, 3.8) is 0 Å². The van der Waals surface area contributed by atoms with Crippen LogP contribution in [0.1, 0.15) is 46.0 Å². The number of unbranched alkanes of at least 4 members (excludes halogenated alkanes) is 2. The number of rotatable bonds is 11. The summed E-state index contributed by atoms with van der Waals surface area (Å²) in [4.78, 5) is 14.1. The Morgan fingerprint density at radius 1 is 1.05 bits per heavy atom. The molecule has 1 rings (SSSR count). The Balaban J connectivity index is 2.18. The molecule has 0 atom stereocenters. The molecule has 0 aromatic heterocycles. The summed E-state index contributed by atoms with van der Waals surface area (Å²) in [6.45, 7) is 7.27. The van der Waals surface area contributed by atoms with Crippen molar-refractivity contribution < 1.29 is 9.53 Å². The zero-order valence-corrected chi connectivity index (χ0v) is 14.0. The van der Waals surface area contributed by atoms with Gasteiger partial charge in [0.2, 0.25) is 0 Å². The molecule has 0 spiro atoms. The average Bonchev–Trinajstić information content (AvgIpc) is 2.55. The molecule has 0 radical (unpaired) electrons. The van der Waals surface area contributed by atoms with Gasteiger partial charge in [-0.25, -0.2) is 4.79 Å². The Labute approximate surface area is 134 Å². The lowest BCUT2D eigenvalue weighted by Crippen LogP contribution is -2.41. The predicted molar refractivity (Wildman–Crippen MR) is 91.3 cm³/mol. The summed E-state index contributed by atoms with van der Waals surface area (Å²) < 4.78 is 5.61. The molecule has 0 unspecified atom stereocenters. The molecule has 0 bridgehead atoms. The van der Waals surface area contributed by atoms with Gasteiger partial charge in [0.1, 0.15) is 5.75 Å². The number of urea groups is 1. The highest BCUT2D eigenvalue weighted by Crippen LogP contribution is 2.08. The Morgan fingerprint density at radius 2 is 1.68 bits per heavy atom. The number of nitrogens with one attached hydrogen (secondary N) is 1. The third-order valence-electron chi connectivity index (χ3n) is 3.46. The van der Waals surface area contributed by atoms with E-state index in [-0.39, 0.29) is 6.03 Å². The van der Waals surface area contributed by atoms with E-state index in [9.17, 15) is 4.79 Å². The normalized spacial score (nSPS) is 10.3. The van der Waals surface area contributed by atoms with Crippen molar-refractivity contribution in [2.24, 2.45) is 0 Å². The molecule has 0 aliphatic carbocycles. The van der Waals surface area contributed by atoms with Crippen LogP contribution < -0.4 is 10.1 Å². The van der Waals surface area contributed by atoms with Gasteiger partial charge in [-0.05, 0) is 31.4 Å². The van der Waals surface area contributed by atoms with Crippen molar-refractivity contribution in [1.82, 2.24) is 10.2 Å². The molecule has 1 aromatic rings. The highest BCUT2D eigenvalue weighted by Gasteiger charge is 2.11. The van der Waals surface area contributed by atoms with E-state index >= 15 is 0 Å². The van der Waals surface area contributed by atoms with Crippen molar-refractivity contribution in [2.45, 2.75) is 46.0 Å². The minimum absolute atomic E-state index is 0.0570. The molecule has 0 saturated heterocycles. The molecule has 0 saturated carbocycles. The van der Waals surface area contributed by atoms with Gasteiger partial charge in [-0.2, -0.15) is 0 Å². The summed E-state index contributed by atoms with van der Waals surface area (Å²) in [5.74, 6) is 0.876. The molecule has 22 heavy (non-hydrogen) atoms. The lowest BCUT2D eigenvalue weighted by molar-refractivity contribution is 0.195. The van der Waals surface area contributed by atoms with E-state index in [2.05, 4.69) is 19.2 Å². The number of para-hydroxylation sites is 1. The summed E-state index contributed by atoms with van der Waals surface area (Å²) in [5.41, 5.74) is 0. The molecular formula is C18H30N2O2. The monoisotopic (exact) mass is 306 g/mol. The molecule has 2 amide bonds. The first-order chi connectivity index (χ1) is 10.8. The van der Waals surface area contributed by atoms with Gasteiger partial charge >= 0.3 is 6.03 Å². The summed E-state index contributed by atoms with van der Waals surface area (Å²) >= 11 is 0. The van der Waals surface area contributed by atoms with Gasteiger partial charge in [0.25, 0.3) is 0 Å². The minimum atomic E-state index is 0.0570. The zero-order valence-electron chi connectivity index (χ0n) is 14.0. The molecule has 124 valence electrons. The van der Waals surface area contributed by atoms with Gasteiger partial charge < -0.3 is 15.0 Å². The molecule has 1 N–H and O–H groups in total. The first kappa shape index (κ1) is 18.3. The second-order valence-electron chi connectivity index (χ2n) is 5.44. The Bertz CT molecular complexity index is 387. The van der Waals surface area contributed by atoms with Gasteiger partial charge in [0.05, 0.1) is 6.61 Å². The summed E-state index contributed by atoms with van der Waals surface area (Å²) in [6.07, 6.45) is 5.17. The third-order valence-corrected chi connectivity index (χ3v) is 3.46. The molecule has 0 heterocycles. The van der Waals surface area contributed by atoms with Crippen molar-refractivity contribution >= 4 is 6.03 Å². The van der Waals surface area contributed by atoms with Crippen LogP contribution in [0.25, 0.3) is 0 Å². The van der Waals surface area contributed by atoms with Crippen LogP contribution in [0.4, 0.5) is 4.79 Å². The average molecular weight is 306 g/mol. The van der Waals surface area contributed by atoms with Crippen LogP contribution in [0.3, 0.4) is 0 Å². The fourth-order valence-electron chi connectivity index (χ4n) is 2.10. The van der Waals surface area contributed by atoms with Crippen molar-refractivity contribution in [1.29, 1.82) is 0 Å². The van der Waals surface area contributed by atoms with E-state index in [4.69, 9.17) is 4.74 Å². The van der Waals surface area contributed by atoms with E-state index < -0.39 is 0 Å². The fourth-order valence-corrected chi connectivity index (χ4v) is 2.10. The van der Waals surface area contributed by atoms with Crippen LogP contribution in [0.15, 0.2) is 30.3 Å². The minimum Gasteiger partial charge on any atom is -0.494 e. The number of hydrogen-bond donors (Lipinski definition) is 1. The first-order valence-corrected chi connectivity index (χ1v) is 8.48. The number of nitrogens with zero attached hydrogens (tertiary/aromatic N) is 1. The van der Waals surface area contributed by atoms with Crippen LogP contribution >= 0.6 is 0 Å². The number of amides is 2. The maximum atomic E-state index is 12.2. The second kappa shape index (κ2) is 11.9. The lowest BCUT2D eigenvalue weighted by atomic mass is 10.3. The molecule has 4 nitrogen and oxygen atoms in total. The maximum absolute atomic E-state index is 12.2. The standard InChI is InChI=1S/C18H30N2O2/c1-3-5-14-20(15-6-4-2)18(21)19-13-10-16-22-17-11-8-7-9-12-17/h7-9,11-12H,3-6,10,13-16H2,1-2H3,(H,19,21).